The van der Waals surface area contributed by atoms with Crippen molar-refractivity contribution in [3.8, 4) is 11.3 Å². The number of nitrogens with one attached hydrogen (secondary N) is 1. The van der Waals surface area contributed by atoms with E-state index < -0.39 is 0 Å². The minimum absolute atomic E-state index is 0.144. The van der Waals surface area contributed by atoms with Gasteiger partial charge < -0.3 is 20.0 Å². The monoisotopic (exact) mass is 550 g/mol. The highest BCUT2D eigenvalue weighted by atomic mass is 16.2. The van der Waals surface area contributed by atoms with E-state index in [1.165, 1.54) is 17.3 Å². The van der Waals surface area contributed by atoms with E-state index in [1.54, 1.807) is 15.7 Å². The fraction of sp³-hybridized carbons (Fsp3) is 0.323. The number of carbonyl (C=O) groups is 1. The molecular formula is C31H34N8O2. The molecule has 0 saturated carbocycles. The van der Waals surface area contributed by atoms with Crippen molar-refractivity contribution >= 4 is 34.4 Å². The lowest BCUT2D eigenvalue weighted by Crippen LogP contribution is -2.44. The molecule has 0 unspecified atom stereocenters. The Morgan fingerprint density at radius 3 is 2.56 bits per heavy atom. The fourth-order valence-corrected chi connectivity index (χ4v) is 5.73. The summed E-state index contributed by atoms with van der Waals surface area (Å²) in [4.78, 5) is 46.7. The number of hydrogen-bond acceptors (Lipinski definition) is 8. The van der Waals surface area contributed by atoms with Crippen LogP contribution in [0.5, 0.6) is 0 Å². The quantitative estimate of drug-likeness (QED) is 0.364. The lowest BCUT2D eigenvalue weighted by Gasteiger charge is -2.35. The minimum Gasteiger partial charge on any atom is -0.369 e. The number of fused-ring (bicyclic) bond motifs is 1. The first-order valence-corrected chi connectivity index (χ1v) is 14.0. The van der Waals surface area contributed by atoms with E-state index in [-0.39, 0.29) is 17.5 Å². The number of anilines is 3. The number of rotatable bonds is 6. The molecule has 2 fully saturated rings. The number of likely N-dealkylation sites (N-methyl/N-ethyl adjacent to an activating group) is 1. The van der Waals surface area contributed by atoms with Gasteiger partial charge in [0.25, 0.3) is 5.56 Å². The highest BCUT2D eigenvalue weighted by Gasteiger charge is 2.30. The number of hydrogen-bond donors (Lipinski definition) is 1. The summed E-state index contributed by atoms with van der Waals surface area (Å²) in [6.07, 6.45) is 3.60. The van der Waals surface area contributed by atoms with Gasteiger partial charge in [0.15, 0.2) is 5.65 Å². The third-order valence-corrected chi connectivity index (χ3v) is 7.99. The van der Waals surface area contributed by atoms with Crippen LogP contribution < -0.4 is 15.8 Å². The van der Waals surface area contributed by atoms with Gasteiger partial charge >= 0.3 is 0 Å². The van der Waals surface area contributed by atoms with Crippen LogP contribution in [-0.2, 0) is 4.79 Å². The third-order valence-electron chi connectivity index (χ3n) is 7.99. The van der Waals surface area contributed by atoms with Crippen molar-refractivity contribution in [2.75, 3.05) is 56.5 Å². The maximum Gasteiger partial charge on any atom is 0.279 e. The Hall–Kier alpha value is -4.57. The minimum atomic E-state index is -0.243. The van der Waals surface area contributed by atoms with Crippen LogP contribution >= 0.6 is 0 Å². The number of nitrogens with zero attached hydrogens (tertiary/aromatic N) is 7. The Morgan fingerprint density at radius 2 is 1.83 bits per heavy atom. The van der Waals surface area contributed by atoms with Crippen molar-refractivity contribution < 1.29 is 4.79 Å². The van der Waals surface area contributed by atoms with Crippen LogP contribution in [0, 0.1) is 6.92 Å². The average molecular weight is 551 g/mol. The number of likely N-dealkylation sites (tertiary alicyclic amines) is 1. The van der Waals surface area contributed by atoms with Crippen molar-refractivity contribution in [2.45, 2.75) is 19.4 Å². The molecule has 4 heterocycles. The smallest absolute Gasteiger partial charge is 0.279 e. The Kier molecular flexibility index (Phi) is 7.23. The van der Waals surface area contributed by atoms with Gasteiger partial charge in [0.05, 0.1) is 12.2 Å². The zero-order chi connectivity index (χ0) is 28.5. The first kappa shape index (κ1) is 26.6. The molecule has 10 nitrogen and oxygen atoms in total. The second-order valence-corrected chi connectivity index (χ2v) is 10.8. The van der Waals surface area contributed by atoms with Crippen molar-refractivity contribution in [3.05, 3.63) is 83.3 Å². The molecule has 0 bridgehead atoms. The van der Waals surface area contributed by atoms with Gasteiger partial charge in [-0.1, -0.05) is 36.9 Å². The molecule has 0 radical (unpaired) electrons. The molecule has 1 amide bonds. The summed E-state index contributed by atoms with van der Waals surface area (Å²) in [7, 11) is 2.15. The first-order chi connectivity index (χ1) is 19.9. The summed E-state index contributed by atoms with van der Waals surface area (Å²) in [5.74, 6) is 0.234. The van der Waals surface area contributed by atoms with Gasteiger partial charge in [-0.15, -0.1) is 0 Å². The Morgan fingerprint density at radius 1 is 1.05 bits per heavy atom. The molecule has 2 aromatic carbocycles. The second-order valence-electron chi connectivity index (χ2n) is 10.8. The van der Waals surface area contributed by atoms with Crippen LogP contribution in [0.15, 0.2) is 72.2 Å². The maximum absolute atomic E-state index is 13.9. The molecule has 2 aromatic heterocycles. The van der Waals surface area contributed by atoms with E-state index in [2.05, 4.69) is 57.8 Å². The van der Waals surface area contributed by atoms with Gasteiger partial charge in [-0.05, 0) is 50.2 Å². The molecule has 4 aromatic rings. The maximum atomic E-state index is 13.9. The van der Waals surface area contributed by atoms with Crippen molar-refractivity contribution in [1.82, 2.24) is 29.3 Å². The molecule has 2 aliphatic rings. The molecule has 210 valence electrons. The summed E-state index contributed by atoms with van der Waals surface area (Å²) in [5.41, 5.74) is 5.05. The number of aryl methyl sites for hydroxylation is 1. The van der Waals surface area contributed by atoms with E-state index in [0.29, 0.717) is 42.3 Å². The van der Waals surface area contributed by atoms with Crippen LogP contribution in [0.1, 0.15) is 18.0 Å². The molecule has 1 atom stereocenters. The number of carbonyl (C=O) groups excluding carboxylic acids is 1. The van der Waals surface area contributed by atoms with Gasteiger partial charge in [0.1, 0.15) is 11.2 Å². The summed E-state index contributed by atoms with van der Waals surface area (Å²) in [6, 6.07) is 15.4. The van der Waals surface area contributed by atoms with Crippen molar-refractivity contribution in [2.24, 2.45) is 0 Å². The largest absolute Gasteiger partial charge is 0.369 e. The Balaban J connectivity index is 1.36. The topological polar surface area (TPSA) is 99.5 Å². The molecule has 10 heteroatoms. The van der Waals surface area contributed by atoms with Crippen LogP contribution in [0.25, 0.3) is 22.4 Å². The highest BCUT2D eigenvalue weighted by Crippen LogP contribution is 2.28. The molecule has 0 aliphatic carbocycles. The Labute approximate surface area is 239 Å². The van der Waals surface area contributed by atoms with E-state index in [4.69, 9.17) is 4.98 Å². The molecule has 41 heavy (non-hydrogen) atoms. The average Bonchev–Trinajstić information content (AvgIpc) is 3.47. The highest BCUT2D eigenvalue weighted by molar-refractivity contribution is 5.87. The summed E-state index contributed by atoms with van der Waals surface area (Å²) in [5, 5.41) is 3.32. The lowest BCUT2D eigenvalue weighted by atomic mass is 10.1. The van der Waals surface area contributed by atoms with Gasteiger partial charge in [0.2, 0.25) is 11.9 Å². The summed E-state index contributed by atoms with van der Waals surface area (Å²) in [6.45, 7) is 10.8. The number of piperazine rings is 1. The van der Waals surface area contributed by atoms with Crippen LogP contribution in [0.2, 0.25) is 0 Å². The van der Waals surface area contributed by atoms with E-state index >= 15 is 0 Å². The van der Waals surface area contributed by atoms with E-state index in [1.807, 2.05) is 36.4 Å². The number of benzene rings is 2. The van der Waals surface area contributed by atoms with Gasteiger partial charge in [0, 0.05) is 56.2 Å². The van der Waals surface area contributed by atoms with Crippen LogP contribution in [-0.4, -0.2) is 81.5 Å². The van der Waals surface area contributed by atoms with Gasteiger partial charge in [-0.2, -0.15) is 4.98 Å². The molecule has 6 rings (SSSR count). The zero-order valence-corrected chi connectivity index (χ0v) is 23.5. The molecular weight excluding hydrogens is 516 g/mol. The SMILES string of the molecule is C=CC(=O)N1CC[C@H](n2c(=O)c(-c3ccccc3)nc3cnc(Nc4ccc(N5CCN(C)CC5)c(C)c4)nc32)C1. The predicted molar refractivity (Wildman–Crippen MR) is 162 cm³/mol. The van der Waals surface area contributed by atoms with Crippen LogP contribution in [0.4, 0.5) is 17.3 Å². The van der Waals surface area contributed by atoms with Gasteiger partial charge in [-0.25, -0.2) is 9.97 Å². The van der Waals surface area contributed by atoms with E-state index in [9.17, 15) is 9.59 Å². The zero-order valence-electron chi connectivity index (χ0n) is 23.5. The fourth-order valence-electron chi connectivity index (χ4n) is 5.73. The predicted octanol–water partition coefficient (Wildman–Crippen LogP) is 3.62. The molecule has 2 saturated heterocycles. The summed E-state index contributed by atoms with van der Waals surface area (Å²) >= 11 is 0. The number of amides is 1. The second kappa shape index (κ2) is 11.1. The molecule has 0 spiro atoms. The number of aromatic nitrogens is 4. The molecule has 1 N–H and O–H groups in total. The third kappa shape index (κ3) is 5.30. The first-order valence-electron chi connectivity index (χ1n) is 14.0. The Bertz CT molecular complexity index is 1660. The van der Waals surface area contributed by atoms with Crippen molar-refractivity contribution in [1.29, 1.82) is 0 Å². The van der Waals surface area contributed by atoms with Crippen molar-refractivity contribution in [3.63, 3.8) is 0 Å². The van der Waals surface area contributed by atoms with Crippen LogP contribution in [0.3, 0.4) is 0 Å². The normalized spacial score (nSPS) is 17.7. The van der Waals surface area contributed by atoms with E-state index in [0.717, 1.165) is 37.4 Å². The van der Waals surface area contributed by atoms with Gasteiger partial charge in [-0.3, -0.25) is 14.2 Å². The standard InChI is InChI=1S/C31H34N8O2/c1-4-27(40)38-13-12-24(20-38)39-29-25(34-28(30(39)41)22-8-6-5-7-9-22)19-32-31(35-29)33-23-10-11-26(21(2)18-23)37-16-14-36(3)15-17-37/h4-11,18-19,24H,1,12-17,20H2,2-3H3,(H,32,33,35)/t24-/m0/s1. The summed E-state index contributed by atoms with van der Waals surface area (Å²) < 4.78 is 1.69. The lowest BCUT2D eigenvalue weighted by molar-refractivity contribution is -0.125. The molecule has 2 aliphatic heterocycles.